The Morgan fingerprint density at radius 1 is 1.69 bits per heavy atom. The van der Waals surface area contributed by atoms with E-state index in [4.69, 9.17) is 11.5 Å². The third kappa shape index (κ3) is 3.14. The molecular formula is C10H12N2O. The van der Waals surface area contributed by atoms with Crippen molar-refractivity contribution in [3.05, 3.63) is 24.0 Å². The van der Waals surface area contributed by atoms with Crippen LogP contribution in [-0.2, 0) is 6.54 Å². The van der Waals surface area contributed by atoms with Gasteiger partial charge in [-0.25, -0.2) is 0 Å². The average molecular weight is 176 g/mol. The molecule has 0 spiro atoms. The van der Waals surface area contributed by atoms with Crippen molar-refractivity contribution in [3.8, 4) is 18.1 Å². The van der Waals surface area contributed by atoms with Crippen molar-refractivity contribution in [2.45, 2.75) is 19.5 Å². The lowest BCUT2D eigenvalue weighted by Gasteiger charge is -2.06. The van der Waals surface area contributed by atoms with Crippen molar-refractivity contribution in [2.24, 2.45) is 0 Å². The van der Waals surface area contributed by atoms with Crippen LogP contribution < -0.4 is 5.32 Å². The van der Waals surface area contributed by atoms with Gasteiger partial charge in [0.2, 0.25) is 0 Å². The third-order valence-electron chi connectivity index (χ3n) is 1.65. The van der Waals surface area contributed by atoms with Crippen molar-refractivity contribution in [3.63, 3.8) is 0 Å². The molecule has 0 radical (unpaired) electrons. The number of aromatic nitrogens is 1. The SMILES string of the molecule is C#CC(C)NCc1ccc(O)cn1. The van der Waals surface area contributed by atoms with Gasteiger partial charge in [0.1, 0.15) is 5.75 Å². The van der Waals surface area contributed by atoms with E-state index in [2.05, 4.69) is 16.2 Å². The average Bonchev–Trinajstić information content (AvgIpc) is 2.16. The molecule has 0 amide bonds. The number of pyridine rings is 1. The Labute approximate surface area is 77.8 Å². The number of rotatable bonds is 3. The lowest BCUT2D eigenvalue weighted by molar-refractivity contribution is 0.471. The number of hydrogen-bond acceptors (Lipinski definition) is 3. The maximum Gasteiger partial charge on any atom is 0.133 e. The highest BCUT2D eigenvalue weighted by molar-refractivity contribution is 5.17. The smallest absolute Gasteiger partial charge is 0.133 e. The van der Waals surface area contributed by atoms with Gasteiger partial charge in [-0.1, -0.05) is 5.92 Å². The summed E-state index contributed by atoms with van der Waals surface area (Å²) in [6.45, 7) is 2.52. The molecule has 3 nitrogen and oxygen atoms in total. The van der Waals surface area contributed by atoms with Crippen LogP contribution in [-0.4, -0.2) is 16.1 Å². The minimum Gasteiger partial charge on any atom is -0.506 e. The Hall–Kier alpha value is -1.53. The van der Waals surface area contributed by atoms with Gasteiger partial charge in [-0.3, -0.25) is 10.3 Å². The van der Waals surface area contributed by atoms with Crippen molar-refractivity contribution in [2.75, 3.05) is 0 Å². The van der Waals surface area contributed by atoms with Gasteiger partial charge in [0.25, 0.3) is 0 Å². The first-order chi connectivity index (χ1) is 6.22. The summed E-state index contributed by atoms with van der Waals surface area (Å²) in [5, 5.41) is 12.1. The molecule has 1 aromatic heterocycles. The van der Waals surface area contributed by atoms with Gasteiger partial charge in [0, 0.05) is 6.54 Å². The standard InChI is InChI=1S/C10H12N2O/c1-3-8(2)11-6-9-4-5-10(13)7-12-9/h1,4-5,7-8,11,13H,6H2,2H3. The predicted octanol–water partition coefficient (Wildman–Crippen LogP) is 0.898. The highest BCUT2D eigenvalue weighted by Gasteiger charge is 1.97. The fourth-order valence-electron chi connectivity index (χ4n) is 0.838. The molecule has 0 saturated carbocycles. The molecule has 1 heterocycles. The summed E-state index contributed by atoms with van der Waals surface area (Å²) in [6.07, 6.45) is 6.60. The van der Waals surface area contributed by atoms with Crippen molar-refractivity contribution in [1.82, 2.24) is 10.3 Å². The summed E-state index contributed by atoms with van der Waals surface area (Å²) in [7, 11) is 0. The van der Waals surface area contributed by atoms with Gasteiger partial charge in [-0.15, -0.1) is 6.42 Å². The Morgan fingerprint density at radius 2 is 2.46 bits per heavy atom. The highest BCUT2D eigenvalue weighted by atomic mass is 16.3. The van der Waals surface area contributed by atoms with E-state index in [-0.39, 0.29) is 11.8 Å². The van der Waals surface area contributed by atoms with Gasteiger partial charge >= 0.3 is 0 Å². The summed E-state index contributed by atoms with van der Waals surface area (Å²) >= 11 is 0. The lowest BCUT2D eigenvalue weighted by atomic mass is 10.3. The molecule has 0 aliphatic rings. The van der Waals surface area contributed by atoms with Crippen LogP contribution in [0.1, 0.15) is 12.6 Å². The van der Waals surface area contributed by atoms with E-state index >= 15 is 0 Å². The van der Waals surface area contributed by atoms with Gasteiger partial charge in [0.05, 0.1) is 17.9 Å². The quantitative estimate of drug-likeness (QED) is 0.672. The van der Waals surface area contributed by atoms with Crippen molar-refractivity contribution in [1.29, 1.82) is 0 Å². The Kier molecular flexibility index (Phi) is 3.30. The van der Waals surface area contributed by atoms with E-state index in [0.717, 1.165) is 5.69 Å². The zero-order valence-electron chi connectivity index (χ0n) is 7.49. The maximum atomic E-state index is 8.96. The highest BCUT2D eigenvalue weighted by Crippen LogP contribution is 2.05. The molecular weight excluding hydrogens is 164 g/mol. The number of nitrogens with one attached hydrogen (secondary N) is 1. The number of aromatic hydroxyl groups is 1. The zero-order valence-corrected chi connectivity index (χ0v) is 7.49. The molecule has 1 atom stereocenters. The monoisotopic (exact) mass is 176 g/mol. The summed E-state index contributed by atoms with van der Waals surface area (Å²) in [5.41, 5.74) is 0.861. The minimum absolute atomic E-state index is 0.0376. The van der Waals surface area contributed by atoms with Crippen LogP contribution in [0.5, 0.6) is 5.75 Å². The van der Waals surface area contributed by atoms with Crippen LogP contribution in [0.4, 0.5) is 0 Å². The van der Waals surface area contributed by atoms with Gasteiger partial charge in [0.15, 0.2) is 0 Å². The van der Waals surface area contributed by atoms with E-state index in [1.165, 1.54) is 6.20 Å². The first-order valence-electron chi connectivity index (χ1n) is 4.06. The molecule has 3 heteroatoms. The molecule has 1 rings (SSSR count). The van der Waals surface area contributed by atoms with E-state index in [1.807, 2.05) is 6.92 Å². The molecule has 1 unspecified atom stereocenters. The molecule has 0 aromatic carbocycles. The van der Waals surface area contributed by atoms with Crippen LogP contribution in [0.3, 0.4) is 0 Å². The largest absolute Gasteiger partial charge is 0.506 e. The van der Waals surface area contributed by atoms with Crippen LogP contribution in [0.25, 0.3) is 0 Å². The van der Waals surface area contributed by atoms with Crippen LogP contribution >= 0.6 is 0 Å². The van der Waals surface area contributed by atoms with Gasteiger partial charge < -0.3 is 5.11 Å². The van der Waals surface area contributed by atoms with Crippen molar-refractivity contribution >= 4 is 0 Å². The molecule has 0 bridgehead atoms. The number of terminal acetylenes is 1. The maximum absolute atomic E-state index is 8.96. The van der Waals surface area contributed by atoms with E-state index in [9.17, 15) is 0 Å². The first kappa shape index (κ1) is 9.56. The summed E-state index contributed by atoms with van der Waals surface area (Å²) in [4.78, 5) is 4.00. The van der Waals surface area contributed by atoms with Crippen LogP contribution in [0, 0.1) is 12.3 Å². The third-order valence-corrected chi connectivity index (χ3v) is 1.65. The predicted molar refractivity (Wildman–Crippen MR) is 51.0 cm³/mol. The van der Waals surface area contributed by atoms with Gasteiger partial charge in [-0.05, 0) is 19.1 Å². The zero-order chi connectivity index (χ0) is 9.68. The number of hydrogen-bond donors (Lipinski definition) is 2. The Balaban J connectivity index is 2.47. The first-order valence-corrected chi connectivity index (χ1v) is 4.06. The molecule has 0 aliphatic heterocycles. The lowest BCUT2D eigenvalue weighted by Crippen LogP contribution is -2.23. The van der Waals surface area contributed by atoms with Crippen molar-refractivity contribution < 1.29 is 5.11 Å². The second-order valence-corrected chi connectivity index (χ2v) is 2.78. The normalized spacial score (nSPS) is 12.0. The van der Waals surface area contributed by atoms with Crippen LogP contribution in [0.2, 0.25) is 0 Å². The van der Waals surface area contributed by atoms with E-state index in [0.29, 0.717) is 6.54 Å². The molecule has 1 aromatic rings. The molecule has 13 heavy (non-hydrogen) atoms. The molecule has 68 valence electrons. The van der Waals surface area contributed by atoms with E-state index < -0.39 is 0 Å². The molecule has 0 saturated heterocycles. The molecule has 0 fully saturated rings. The second-order valence-electron chi connectivity index (χ2n) is 2.78. The molecule has 0 aliphatic carbocycles. The van der Waals surface area contributed by atoms with E-state index in [1.54, 1.807) is 12.1 Å². The van der Waals surface area contributed by atoms with Gasteiger partial charge in [-0.2, -0.15) is 0 Å². The van der Waals surface area contributed by atoms with Crippen LogP contribution in [0.15, 0.2) is 18.3 Å². The Bertz CT molecular complexity index is 300. The summed E-state index contributed by atoms with van der Waals surface area (Å²) in [5.74, 6) is 2.73. The number of nitrogens with zero attached hydrogens (tertiary/aromatic N) is 1. The summed E-state index contributed by atoms with van der Waals surface area (Å²) in [6, 6.07) is 3.39. The molecule has 2 N–H and O–H groups in total. The topological polar surface area (TPSA) is 45.1 Å². The fourth-order valence-corrected chi connectivity index (χ4v) is 0.838. The fraction of sp³-hybridized carbons (Fsp3) is 0.300. The Morgan fingerprint density at radius 3 is 3.00 bits per heavy atom. The second kappa shape index (κ2) is 4.48. The summed E-state index contributed by atoms with van der Waals surface area (Å²) < 4.78 is 0. The minimum atomic E-state index is 0.0376.